The number of aromatic nitrogens is 2. The van der Waals surface area contributed by atoms with Crippen LogP contribution in [0.25, 0.3) is 0 Å². The third kappa shape index (κ3) is 3.20. The van der Waals surface area contributed by atoms with E-state index in [0.29, 0.717) is 24.0 Å². The Bertz CT molecular complexity index is 728. The number of aromatic hydroxyl groups is 1. The zero-order valence-corrected chi connectivity index (χ0v) is 13.9. The number of rotatable bonds is 3. The molecule has 128 valence electrons. The van der Waals surface area contributed by atoms with Gasteiger partial charge in [0.05, 0.1) is 18.7 Å². The fraction of sp³-hybridized carbons (Fsp3) is 0.471. The van der Waals surface area contributed by atoms with Gasteiger partial charge in [-0.1, -0.05) is 18.0 Å². The Kier molecular flexibility index (Phi) is 4.69. The van der Waals surface area contributed by atoms with Crippen molar-refractivity contribution in [1.29, 1.82) is 0 Å². The van der Waals surface area contributed by atoms with E-state index in [9.17, 15) is 9.90 Å². The molecule has 1 N–H and O–H groups in total. The first-order chi connectivity index (χ1) is 11.6. The average molecular weight is 331 g/mol. The monoisotopic (exact) mass is 331 g/mol. The summed E-state index contributed by atoms with van der Waals surface area (Å²) in [4.78, 5) is 19.1. The van der Waals surface area contributed by atoms with Gasteiger partial charge in [0, 0.05) is 13.5 Å². The van der Waals surface area contributed by atoms with Crippen LogP contribution in [-0.2, 0) is 0 Å². The molecule has 0 radical (unpaired) electrons. The number of hydrogen-bond acceptors (Lipinski definition) is 6. The normalized spacial score (nSPS) is 18.2. The van der Waals surface area contributed by atoms with E-state index >= 15 is 0 Å². The molecule has 24 heavy (non-hydrogen) atoms. The quantitative estimate of drug-likeness (QED) is 0.930. The van der Waals surface area contributed by atoms with Crippen LogP contribution in [0.4, 0.5) is 0 Å². The predicted molar refractivity (Wildman–Crippen MR) is 85.9 cm³/mol. The summed E-state index contributed by atoms with van der Waals surface area (Å²) >= 11 is 0. The molecule has 0 bridgehead atoms. The van der Waals surface area contributed by atoms with Gasteiger partial charge in [0.25, 0.3) is 5.91 Å². The topological polar surface area (TPSA) is 88.7 Å². The lowest BCUT2D eigenvalue weighted by Gasteiger charge is -2.28. The van der Waals surface area contributed by atoms with Crippen molar-refractivity contribution in [2.45, 2.75) is 38.6 Å². The molecule has 0 spiro atoms. The van der Waals surface area contributed by atoms with Crippen molar-refractivity contribution in [2.75, 3.05) is 13.7 Å². The van der Waals surface area contributed by atoms with Gasteiger partial charge in [-0.2, -0.15) is 4.98 Å². The maximum Gasteiger partial charge on any atom is 0.258 e. The molecule has 3 rings (SSSR count). The van der Waals surface area contributed by atoms with Crippen molar-refractivity contribution >= 4 is 5.91 Å². The highest BCUT2D eigenvalue weighted by Gasteiger charge is 2.32. The van der Waals surface area contributed by atoms with Crippen LogP contribution in [0.15, 0.2) is 22.7 Å². The van der Waals surface area contributed by atoms with Gasteiger partial charge in [0.15, 0.2) is 5.82 Å². The van der Waals surface area contributed by atoms with Gasteiger partial charge in [-0.15, -0.1) is 0 Å². The Morgan fingerprint density at radius 2 is 2.21 bits per heavy atom. The first-order valence-electron chi connectivity index (χ1n) is 8.08. The minimum absolute atomic E-state index is 0.0620. The number of methoxy groups -OCH3 is 1. The number of nitrogens with zero attached hydrogens (tertiary/aromatic N) is 3. The van der Waals surface area contributed by atoms with Gasteiger partial charge in [-0.25, -0.2) is 0 Å². The molecular formula is C17H21N3O4. The number of hydrogen-bond donors (Lipinski definition) is 1. The Balaban J connectivity index is 1.95. The van der Waals surface area contributed by atoms with Crippen LogP contribution < -0.4 is 4.74 Å². The number of likely N-dealkylation sites (tertiary alicyclic amines) is 1. The summed E-state index contributed by atoms with van der Waals surface area (Å²) in [7, 11) is 1.53. The summed E-state index contributed by atoms with van der Waals surface area (Å²) in [5, 5.41) is 14.1. The molecule has 1 atom stereocenters. The molecule has 1 amide bonds. The number of amides is 1. The molecule has 0 saturated carbocycles. The van der Waals surface area contributed by atoms with Crippen LogP contribution in [0.1, 0.15) is 53.8 Å². The lowest BCUT2D eigenvalue weighted by molar-refractivity contribution is 0.0667. The van der Waals surface area contributed by atoms with Gasteiger partial charge >= 0.3 is 0 Å². The van der Waals surface area contributed by atoms with Crippen LogP contribution in [0.5, 0.6) is 11.5 Å². The van der Waals surface area contributed by atoms with E-state index in [-0.39, 0.29) is 23.3 Å². The Hall–Kier alpha value is -2.57. The van der Waals surface area contributed by atoms with Crippen molar-refractivity contribution in [2.24, 2.45) is 0 Å². The maximum absolute atomic E-state index is 13.1. The van der Waals surface area contributed by atoms with Crippen molar-refractivity contribution < 1.29 is 19.2 Å². The molecule has 1 aromatic carbocycles. The minimum Gasteiger partial charge on any atom is -0.507 e. The summed E-state index contributed by atoms with van der Waals surface area (Å²) < 4.78 is 10.2. The number of phenolic OH excluding ortho intramolecular Hbond substituents is 1. The van der Waals surface area contributed by atoms with Crippen LogP contribution in [0.3, 0.4) is 0 Å². The lowest BCUT2D eigenvalue weighted by atomic mass is 10.1. The summed E-state index contributed by atoms with van der Waals surface area (Å²) in [6.45, 7) is 2.32. The number of ether oxygens (including phenoxy) is 1. The third-order valence-electron chi connectivity index (χ3n) is 4.29. The van der Waals surface area contributed by atoms with Crippen molar-refractivity contribution in [3.63, 3.8) is 0 Å². The highest BCUT2D eigenvalue weighted by molar-refractivity contribution is 5.97. The van der Waals surface area contributed by atoms with Gasteiger partial charge < -0.3 is 19.3 Å². The third-order valence-corrected chi connectivity index (χ3v) is 4.29. The molecule has 1 aliphatic heterocycles. The number of benzene rings is 1. The Morgan fingerprint density at radius 1 is 1.38 bits per heavy atom. The molecular weight excluding hydrogens is 310 g/mol. The van der Waals surface area contributed by atoms with Crippen LogP contribution in [-0.4, -0.2) is 39.7 Å². The van der Waals surface area contributed by atoms with Crippen molar-refractivity contribution in [3.05, 3.63) is 35.5 Å². The van der Waals surface area contributed by atoms with Gasteiger partial charge in [0.2, 0.25) is 5.89 Å². The van der Waals surface area contributed by atoms with Gasteiger partial charge in [-0.05, 0) is 31.0 Å². The van der Waals surface area contributed by atoms with Crippen LogP contribution in [0, 0.1) is 6.92 Å². The molecule has 1 aromatic heterocycles. The molecule has 0 aliphatic carbocycles. The average Bonchev–Trinajstić information content (AvgIpc) is 2.87. The van der Waals surface area contributed by atoms with Crippen molar-refractivity contribution in [3.8, 4) is 11.5 Å². The Morgan fingerprint density at radius 3 is 2.92 bits per heavy atom. The van der Waals surface area contributed by atoms with Crippen LogP contribution in [0.2, 0.25) is 0 Å². The molecule has 2 aromatic rings. The molecule has 1 saturated heterocycles. The van der Waals surface area contributed by atoms with E-state index < -0.39 is 0 Å². The maximum atomic E-state index is 13.1. The largest absolute Gasteiger partial charge is 0.507 e. The standard InChI is InChI=1S/C17H21N3O4/c1-11-18-16(19-24-11)14-6-4-3-5-9-20(14)17(22)13-10-12(23-2)7-8-15(13)21/h7-8,10,14,21H,3-6,9H2,1-2H3/t14-/m0/s1. The molecule has 0 unspecified atom stereocenters. The van der Waals surface area contributed by atoms with E-state index in [0.717, 1.165) is 25.7 Å². The van der Waals surface area contributed by atoms with E-state index in [4.69, 9.17) is 9.26 Å². The first kappa shape index (κ1) is 16.3. The lowest BCUT2D eigenvalue weighted by Crippen LogP contribution is -2.35. The van der Waals surface area contributed by atoms with E-state index in [2.05, 4.69) is 10.1 Å². The van der Waals surface area contributed by atoms with E-state index in [1.807, 2.05) is 0 Å². The zero-order chi connectivity index (χ0) is 17.1. The first-order valence-corrected chi connectivity index (χ1v) is 8.08. The number of aryl methyl sites for hydroxylation is 1. The van der Waals surface area contributed by atoms with E-state index in [1.54, 1.807) is 24.0 Å². The number of carbonyl (C=O) groups is 1. The second-order valence-electron chi connectivity index (χ2n) is 5.92. The SMILES string of the molecule is COc1ccc(O)c(C(=O)N2CCCCC[C@H]2c2noc(C)n2)c1. The second-order valence-corrected chi connectivity index (χ2v) is 5.92. The molecule has 1 aliphatic rings. The molecule has 7 heteroatoms. The highest BCUT2D eigenvalue weighted by Crippen LogP contribution is 2.32. The number of carbonyl (C=O) groups excluding carboxylic acids is 1. The minimum atomic E-state index is -0.249. The molecule has 7 nitrogen and oxygen atoms in total. The molecule has 2 heterocycles. The molecule has 1 fully saturated rings. The summed E-state index contributed by atoms with van der Waals surface area (Å²) in [6, 6.07) is 4.40. The van der Waals surface area contributed by atoms with Crippen LogP contribution >= 0.6 is 0 Å². The fourth-order valence-corrected chi connectivity index (χ4v) is 3.04. The smallest absolute Gasteiger partial charge is 0.258 e. The second kappa shape index (κ2) is 6.90. The predicted octanol–water partition coefficient (Wildman–Crippen LogP) is 2.85. The summed E-state index contributed by atoms with van der Waals surface area (Å²) in [6.07, 6.45) is 3.71. The highest BCUT2D eigenvalue weighted by atomic mass is 16.5. The van der Waals surface area contributed by atoms with Crippen molar-refractivity contribution in [1.82, 2.24) is 15.0 Å². The fourth-order valence-electron chi connectivity index (χ4n) is 3.04. The zero-order valence-electron chi connectivity index (χ0n) is 13.9. The van der Waals surface area contributed by atoms with Gasteiger partial charge in [-0.3, -0.25) is 4.79 Å². The van der Waals surface area contributed by atoms with E-state index in [1.165, 1.54) is 13.2 Å². The summed E-state index contributed by atoms with van der Waals surface area (Å²) in [5.74, 6) is 1.21. The van der Waals surface area contributed by atoms with Gasteiger partial charge in [0.1, 0.15) is 11.5 Å². The number of phenols is 1. The summed E-state index contributed by atoms with van der Waals surface area (Å²) in [5.41, 5.74) is 0.224. The Labute approximate surface area is 140 Å².